The van der Waals surface area contributed by atoms with Gasteiger partial charge in [0.25, 0.3) is 0 Å². The fourth-order valence-corrected chi connectivity index (χ4v) is 5.21. The van der Waals surface area contributed by atoms with E-state index in [2.05, 4.69) is 59.2 Å². The summed E-state index contributed by atoms with van der Waals surface area (Å²) in [5.74, 6) is 2.16. The van der Waals surface area contributed by atoms with Crippen molar-refractivity contribution < 1.29 is 18.4 Å². The van der Waals surface area contributed by atoms with Crippen molar-refractivity contribution in [1.29, 1.82) is 0 Å². The minimum atomic E-state index is -1.19. The molecule has 3 aromatic rings. The van der Waals surface area contributed by atoms with Gasteiger partial charge in [-0.3, -0.25) is 4.21 Å². The average molecular weight is 601 g/mol. The van der Waals surface area contributed by atoms with Crippen molar-refractivity contribution in [2.24, 2.45) is 0 Å². The van der Waals surface area contributed by atoms with Crippen molar-refractivity contribution in [3.05, 3.63) is 42.2 Å². The van der Waals surface area contributed by atoms with Crippen LogP contribution in [0.3, 0.4) is 0 Å². The number of hydrogen-bond acceptors (Lipinski definition) is 9. The quantitative estimate of drug-likeness (QED) is 0.362. The molecule has 42 heavy (non-hydrogen) atoms. The molecule has 2 aliphatic rings. The van der Waals surface area contributed by atoms with Crippen molar-refractivity contribution in [1.82, 2.24) is 15.0 Å². The summed E-state index contributed by atoms with van der Waals surface area (Å²) >= 11 is 0. The maximum absolute atomic E-state index is 14.9. The van der Waals surface area contributed by atoms with E-state index in [4.69, 9.17) is 9.72 Å². The largest absolute Gasteiger partial charge is 0.388 e. The average Bonchev–Trinajstić information content (AvgIpc) is 2.90. The summed E-state index contributed by atoms with van der Waals surface area (Å²) in [6.45, 7) is 11.9. The van der Waals surface area contributed by atoms with Gasteiger partial charge in [0.15, 0.2) is 0 Å². The second-order valence-electron chi connectivity index (χ2n) is 12.3. The molecule has 2 saturated heterocycles. The summed E-state index contributed by atoms with van der Waals surface area (Å²) in [6, 6.07) is 8.91. The van der Waals surface area contributed by atoms with Crippen LogP contribution in [0.5, 0.6) is 0 Å². The number of rotatable bonds is 8. The Morgan fingerprint density at radius 2 is 1.88 bits per heavy atom. The molecule has 0 aliphatic carbocycles. The molecule has 0 spiro atoms. The number of alkyl halides is 1. The monoisotopic (exact) mass is 600 g/mol. The molecule has 1 aromatic carbocycles. The number of aromatic nitrogens is 3. The van der Waals surface area contributed by atoms with E-state index >= 15 is 0 Å². The number of fused-ring (bicyclic) bond motifs is 1. The number of benzene rings is 1. The zero-order valence-corrected chi connectivity index (χ0v) is 26.6. The minimum Gasteiger partial charge on any atom is -0.388 e. The van der Waals surface area contributed by atoms with Gasteiger partial charge in [-0.25, -0.2) is 14.4 Å². The SMILES string of the molecule is CC(C)c1ccc(N2CCC2C)c2cnc(Nc3ccnc(N4CCC(OCC(C)(C)O)C(F)C4)n3)cc12.CS(C)=O. The van der Waals surface area contributed by atoms with Crippen LogP contribution in [-0.2, 0) is 15.5 Å². The third-order valence-corrected chi connectivity index (χ3v) is 7.48. The molecule has 0 saturated carbocycles. The zero-order valence-electron chi connectivity index (χ0n) is 25.8. The van der Waals surface area contributed by atoms with Crippen LogP contribution >= 0.6 is 0 Å². The number of anilines is 4. The first-order valence-electron chi connectivity index (χ1n) is 14.6. The number of pyridine rings is 1. The van der Waals surface area contributed by atoms with Crippen LogP contribution in [0.15, 0.2) is 36.7 Å². The maximum atomic E-state index is 14.9. The summed E-state index contributed by atoms with van der Waals surface area (Å²) in [5.41, 5.74) is 1.54. The summed E-state index contributed by atoms with van der Waals surface area (Å²) in [5, 5.41) is 15.6. The lowest BCUT2D eigenvalue weighted by Gasteiger charge is -2.41. The van der Waals surface area contributed by atoms with Crippen LogP contribution in [0.1, 0.15) is 58.9 Å². The Labute approximate surface area is 251 Å². The Balaban J connectivity index is 0.000000952. The maximum Gasteiger partial charge on any atom is 0.227 e. The molecule has 11 heteroatoms. The highest BCUT2D eigenvalue weighted by Gasteiger charge is 2.32. The van der Waals surface area contributed by atoms with Gasteiger partial charge in [0.1, 0.15) is 17.8 Å². The van der Waals surface area contributed by atoms with E-state index in [9.17, 15) is 13.7 Å². The van der Waals surface area contributed by atoms with Crippen LogP contribution in [-0.4, -0.2) is 86.9 Å². The van der Waals surface area contributed by atoms with Crippen LogP contribution in [0.4, 0.5) is 27.7 Å². The molecule has 2 N–H and O–H groups in total. The van der Waals surface area contributed by atoms with Gasteiger partial charge >= 0.3 is 0 Å². The predicted molar refractivity (Wildman–Crippen MR) is 170 cm³/mol. The Kier molecular flexibility index (Phi) is 10.4. The molecule has 0 radical (unpaired) electrons. The van der Waals surface area contributed by atoms with Gasteiger partial charge in [-0.1, -0.05) is 19.9 Å². The second kappa shape index (κ2) is 13.6. The van der Waals surface area contributed by atoms with E-state index in [0.717, 1.165) is 6.54 Å². The molecular weight excluding hydrogens is 555 g/mol. The number of hydrogen-bond donors (Lipinski definition) is 2. The molecule has 4 heterocycles. The van der Waals surface area contributed by atoms with E-state index < -0.39 is 28.7 Å². The van der Waals surface area contributed by atoms with Crippen molar-refractivity contribution in [3.63, 3.8) is 0 Å². The number of halogens is 1. The van der Waals surface area contributed by atoms with E-state index in [0.29, 0.717) is 42.5 Å². The summed E-state index contributed by atoms with van der Waals surface area (Å²) < 4.78 is 30.1. The Hall–Kier alpha value is -2.89. The topological polar surface area (TPSA) is 104 Å². The fraction of sp³-hybridized carbons (Fsp3) is 0.581. The van der Waals surface area contributed by atoms with Crippen molar-refractivity contribution in [2.45, 2.75) is 77.3 Å². The van der Waals surface area contributed by atoms with Gasteiger partial charge in [-0.2, -0.15) is 4.98 Å². The van der Waals surface area contributed by atoms with Crippen LogP contribution in [0, 0.1) is 0 Å². The number of piperidine rings is 1. The van der Waals surface area contributed by atoms with Gasteiger partial charge in [0.05, 0.1) is 24.9 Å². The molecule has 9 nitrogen and oxygen atoms in total. The van der Waals surface area contributed by atoms with E-state index in [1.165, 1.54) is 28.4 Å². The molecule has 230 valence electrons. The summed E-state index contributed by atoms with van der Waals surface area (Å²) in [6.07, 6.45) is 6.90. The molecule has 2 aliphatic heterocycles. The lowest BCUT2D eigenvalue weighted by atomic mass is 9.94. The molecule has 3 atom stereocenters. The van der Waals surface area contributed by atoms with Gasteiger partial charge in [0, 0.05) is 65.9 Å². The lowest BCUT2D eigenvalue weighted by Crippen LogP contribution is -2.47. The number of aliphatic hydroxyl groups is 1. The van der Waals surface area contributed by atoms with Crippen LogP contribution in [0.2, 0.25) is 0 Å². The van der Waals surface area contributed by atoms with Crippen molar-refractivity contribution in [2.75, 3.05) is 53.9 Å². The van der Waals surface area contributed by atoms with Gasteiger partial charge < -0.3 is 25.0 Å². The van der Waals surface area contributed by atoms with E-state index in [1.807, 2.05) is 11.1 Å². The molecule has 0 bridgehead atoms. The Bertz CT molecular complexity index is 1380. The zero-order chi connectivity index (χ0) is 30.6. The Morgan fingerprint density at radius 1 is 1.14 bits per heavy atom. The first-order valence-corrected chi connectivity index (χ1v) is 16.6. The summed E-state index contributed by atoms with van der Waals surface area (Å²) in [4.78, 5) is 18.1. The molecule has 5 rings (SSSR count). The van der Waals surface area contributed by atoms with Crippen molar-refractivity contribution >= 4 is 44.8 Å². The highest BCUT2D eigenvalue weighted by Crippen LogP contribution is 2.37. The molecule has 3 unspecified atom stereocenters. The molecular formula is C31H45FN6O3S. The van der Waals surface area contributed by atoms with Gasteiger partial charge in [-0.05, 0) is 68.7 Å². The second-order valence-corrected chi connectivity index (χ2v) is 13.8. The highest BCUT2D eigenvalue weighted by molar-refractivity contribution is 7.83. The van der Waals surface area contributed by atoms with Gasteiger partial charge in [0.2, 0.25) is 5.95 Å². The third kappa shape index (κ3) is 8.14. The number of nitrogens with one attached hydrogen (secondary N) is 1. The van der Waals surface area contributed by atoms with E-state index in [1.54, 1.807) is 38.6 Å². The molecule has 0 amide bonds. The number of nitrogens with zero attached hydrogens (tertiary/aromatic N) is 5. The summed E-state index contributed by atoms with van der Waals surface area (Å²) in [7, 11) is -0.611. The Morgan fingerprint density at radius 3 is 2.48 bits per heavy atom. The molecule has 2 fully saturated rings. The van der Waals surface area contributed by atoms with E-state index in [-0.39, 0.29) is 13.2 Å². The lowest BCUT2D eigenvalue weighted by molar-refractivity contribution is -0.0806. The normalized spacial score (nSPS) is 20.9. The standard InChI is InChI=1S/C29H39FN6O2.C2H6OS/c1-18(2)20-6-7-24(36-13-9-19(36)3)22-15-32-27(14-21(20)22)33-26-8-11-31-28(34-26)35-12-10-25(23(30)16-35)38-17-29(4,5)37;1-4(2)3/h6-8,11,14-15,18-19,23,25,37H,9-10,12-13,16-17H2,1-5H3,(H,31,32,33,34);1-2H3. The molecule has 2 aromatic heterocycles. The first-order chi connectivity index (χ1) is 19.8. The first kappa shape index (κ1) is 32.0. The van der Waals surface area contributed by atoms with Crippen molar-refractivity contribution in [3.8, 4) is 0 Å². The highest BCUT2D eigenvalue weighted by atomic mass is 32.2. The van der Waals surface area contributed by atoms with Crippen LogP contribution < -0.4 is 15.1 Å². The third-order valence-electron chi connectivity index (χ3n) is 7.48. The number of ether oxygens (including phenoxy) is 1. The minimum absolute atomic E-state index is 0.101. The predicted octanol–water partition coefficient (Wildman–Crippen LogP) is 5.19. The smallest absolute Gasteiger partial charge is 0.227 e. The van der Waals surface area contributed by atoms with Crippen LogP contribution in [0.25, 0.3) is 10.8 Å². The van der Waals surface area contributed by atoms with Gasteiger partial charge in [-0.15, -0.1) is 0 Å². The fourth-order valence-electron chi connectivity index (χ4n) is 5.21.